The first-order valence-electron chi connectivity index (χ1n) is 5.92. The van der Waals surface area contributed by atoms with Gasteiger partial charge >= 0.3 is 22.1 Å². The number of nitrogens with two attached hydrogens (primary N) is 1. The van der Waals surface area contributed by atoms with Crippen molar-refractivity contribution in [1.29, 1.82) is 0 Å². The summed E-state index contributed by atoms with van der Waals surface area (Å²) in [6.07, 6.45) is 1.13. The summed E-state index contributed by atoms with van der Waals surface area (Å²) < 4.78 is 28.2. The highest BCUT2D eigenvalue weighted by Crippen LogP contribution is 2.26. The first kappa shape index (κ1) is 15.7. The zero-order chi connectivity index (χ0) is 16.5. The Hall–Kier alpha value is -2.65. The van der Waals surface area contributed by atoms with Gasteiger partial charge in [0.05, 0.1) is 12.7 Å². The van der Waals surface area contributed by atoms with E-state index in [-0.39, 0.29) is 16.8 Å². The molecule has 0 saturated heterocycles. The fraction of sp³-hybridized carbons (Fsp3) is 0.0769. The van der Waals surface area contributed by atoms with Crippen molar-refractivity contribution in [2.45, 2.75) is 0 Å². The highest BCUT2D eigenvalue weighted by atomic mass is 32.2. The molecule has 0 aliphatic heterocycles. The largest absolute Gasteiger partial charge is 0.478 e. The maximum absolute atomic E-state index is 11.9. The van der Waals surface area contributed by atoms with Crippen LogP contribution in [-0.2, 0) is 14.9 Å². The molecule has 0 aliphatic carbocycles. The van der Waals surface area contributed by atoms with Crippen LogP contribution in [0.5, 0.6) is 0 Å². The smallest absolute Gasteiger partial charge is 0.356 e. The number of carboxylic acids is 1. The number of carboxylic acid groups (broad SMARTS) is 1. The standard InChI is InChI=1S/C13H12N2O6S/c1-21-13(18)11-10(6-7-15(11)22(14,19)20)8-2-4-9(5-3-8)12(16)17/h2-7H,1H3,(H,16,17)(H2,14,19,20). The summed E-state index contributed by atoms with van der Waals surface area (Å²) in [5.41, 5.74) is 0.521. The van der Waals surface area contributed by atoms with E-state index >= 15 is 0 Å². The van der Waals surface area contributed by atoms with Crippen molar-refractivity contribution in [2.24, 2.45) is 5.14 Å². The highest BCUT2D eigenvalue weighted by molar-refractivity contribution is 7.87. The summed E-state index contributed by atoms with van der Waals surface area (Å²) in [5.74, 6) is -1.97. The van der Waals surface area contributed by atoms with Gasteiger partial charge in [0.2, 0.25) is 0 Å². The Balaban J connectivity index is 2.63. The molecule has 0 aliphatic rings. The van der Waals surface area contributed by atoms with Crippen LogP contribution < -0.4 is 5.14 Å². The molecule has 3 N–H and O–H groups in total. The molecule has 0 bridgehead atoms. The number of benzene rings is 1. The minimum Gasteiger partial charge on any atom is -0.478 e. The lowest BCUT2D eigenvalue weighted by Crippen LogP contribution is -2.25. The number of methoxy groups -OCH3 is 1. The van der Waals surface area contributed by atoms with E-state index in [2.05, 4.69) is 4.74 Å². The van der Waals surface area contributed by atoms with Crippen LogP contribution in [0.3, 0.4) is 0 Å². The van der Waals surface area contributed by atoms with Gasteiger partial charge < -0.3 is 9.84 Å². The summed E-state index contributed by atoms with van der Waals surface area (Å²) in [6.45, 7) is 0. The first-order chi connectivity index (χ1) is 10.3. The molecule has 0 saturated carbocycles. The number of carbonyl (C=O) groups is 2. The SMILES string of the molecule is COC(=O)c1c(-c2ccc(C(=O)O)cc2)ccn1S(N)(=O)=O. The van der Waals surface area contributed by atoms with Crippen molar-refractivity contribution in [3.8, 4) is 11.1 Å². The fourth-order valence-corrected chi connectivity index (χ4v) is 2.61. The van der Waals surface area contributed by atoms with Gasteiger partial charge in [0.25, 0.3) is 0 Å². The van der Waals surface area contributed by atoms with E-state index in [0.29, 0.717) is 9.54 Å². The second kappa shape index (κ2) is 5.62. The lowest BCUT2D eigenvalue weighted by molar-refractivity contribution is 0.0592. The number of esters is 1. The van der Waals surface area contributed by atoms with Crippen LogP contribution in [0.4, 0.5) is 0 Å². The predicted molar refractivity (Wildman–Crippen MR) is 76.7 cm³/mol. The summed E-state index contributed by atoms with van der Waals surface area (Å²) in [6, 6.07) is 6.98. The van der Waals surface area contributed by atoms with Gasteiger partial charge in [0.15, 0.2) is 5.69 Å². The van der Waals surface area contributed by atoms with Crippen molar-refractivity contribution in [1.82, 2.24) is 3.97 Å². The van der Waals surface area contributed by atoms with Crippen LogP contribution in [0.15, 0.2) is 36.5 Å². The minimum atomic E-state index is -4.18. The van der Waals surface area contributed by atoms with Crippen molar-refractivity contribution in [2.75, 3.05) is 7.11 Å². The van der Waals surface area contributed by atoms with Gasteiger partial charge in [0, 0.05) is 11.8 Å². The van der Waals surface area contributed by atoms with Gasteiger partial charge in [0.1, 0.15) is 0 Å². The van der Waals surface area contributed by atoms with Gasteiger partial charge in [-0.2, -0.15) is 8.42 Å². The Bertz CT molecular complexity index is 836. The van der Waals surface area contributed by atoms with Gasteiger partial charge in [-0.25, -0.2) is 18.7 Å². The molecule has 0 atom stereocenters. The van der Waals surface area contributed by atoms with Crippen molar-refractivity contribution in [3.63, 3.8) is 0 Å². The molecule has 116 valence electrons. The van der Waals surface area contributed by atoms with Gasteiger partial charge in [-0.3, -0.25) is 0 Å². The fourth-order valence-electron chi connectivity index (χ4n) is 1.95. The number of hydrogen-bond donors (Lipinski definition) is 2. The zero-order valence-corrected chi connectivity index (χ0v) is 12.2. The number of nitrogens with zero attached hydrogens (tertiary/aromatic N) is 1. The molecule has 0 fully saturated rings. The molecule has 0 unspecified atom stereocenters. The van der Waals surface area contributed by atoms with Crippen LogP contribution in [0.25, 0.3) is 11.1 Å². The zero-order valence-electron chi connectivity index (χ0n) is 11.4. The third-order valence-corrected chi connectivity index (χ3v) is 3.80. The van der Waals surface area contributed by atoms with E-state index in [1.165, 1.54) is 30.3 Å². The number of ether oxygens (including phenoxy) is 1. The van der Waals surface area contributed by atoms with E-state index < -0.39 is 22.1 Å². The number of aromatic carboxylic acids is 1. The van der Waals surface area contributed by atoms with Crippen LogP contribution >= 0.6 is 0 Å². The number of hydrogen-bond acceptors (Lipinski definition) is 5. The average Bonchev–Trinajstić information content (AvgIpc) is 2.91. The quantitative estimate of drug-likeness (QED) is 0.796. The van der Waals surface area contributed by atoms with Crippen molar-refractivity contribution < 1.29 is 27.9 Å². The monoisotopic (exact) mass is 324 g/mol. The molecule has 0 spiro atoms. The number of aromatic nitrogens is 1. The van der Waals surface area contributed by atoms with E-state index in [1.54, 1.807) is 0 Å². The summed E-state index contributed by atoms with van der Waals surface area (Å²) in [5, 5.41) is 13.9. The summed E-state index contributed by atoms with van der Waals surface area (Å²) >= 11 is 0. The van der Waals surface area contributed by atoms with Gasteiger partial charge in [-0.05, 0) is 23.8 Å². The minimum absolute atomic E-state index is 0.0641. The van der Waals surface area contributed by atoms with E-state index in [4.69, 9.17) is 10.2 Å². The lowest BCUT2D eigenvalue weighted by atomic mass is 10.0. The molecule has 0 radical (unpaired) electrons. The predicted octanol–water partition coefficient (Wildman–Crippen LogP) is 0.692. The maximum Gasteiger partial charge on any atom is 0.356 e. The van der Waals surface area contributed by atoms with E-state index in [0.717, 1.165) is 13.3 Å². The number of carbonyl (C=O) groups excluding carboxylic acids is 1. The second-order valence-electron chi connectivity index (χ2n) is 4.29. The Kier molecular flexibility index (Phi) is 4.02. The molecular weight excluding hydrogens is 312 g/mol. The second-order valence-corrected chi connectivity index (χ2v) is 5.72. The third-order valence-electron chi connectivity index (χ3n) is 2.95. The van der Waals surface area contributed by atoms with Gasteiger partial charge in [-0.15, -0.1) is 0 Å². The molecular formula is C13H12N2O6S. The molecule has 0 amide bonds. The molecule has 2 rings (SSSR count). The highest BCUT2D eigenvalue weighted by Gasteiger charge is 2.24. The summed E-state index contributed by atoms with van der Waals surface area (Å²) in [7, 11) is -3.06. The Morgan fingerprint density at radius 1 is 1.18 bits per heavy atom. The van der Waals surface area contributed by atoms with E-state index in [1.807, 2.05) is 0 Å². The summed E-state index contributed by atoms with van der Waals surface area (Å²) in [4.78, 5) is 22.7. The van der Waals surface area contributed by atoms with Crippen LogP contribution in [0, 0.1) is 0 Å². The average molecular weight is 324 g/mol. The topological polar surface area (TPSA) is 129 Å². The molecule has 9 heteroatoms. The molecule has 22 heavy (non-hydrogen) atoms. The van der Waals surface area contributed by atoms with Crippen LogP contribution in [0.1, 0.15) is 20.8 Å². The molecule has 2 aromatic rings. The molecule has 8 nitrogen and oxygen atoms in total. The van der Waals surface area contributed by atoms with Gasteiger partial charge in [-0.1, -0.05) is 12.1 Å². The molecule has 1 aromatic heterocycles. The Labute approximate surface area is 125 Å². The normalized spacial score (nSPS) is 11.2. The van der Waals surface area contributed by atoms with Crippen LogP contribution in [-0.4, -0.2) is 36.5 Å². The first-order valence-corrected chi connectivity index (χ1v) is 7.42. The van der Waals surface area contributed by atoms with Crippen molar-refractivity contribution >= 4 is 22.1 Å². The Morgan fingerprint density at radius 2 is 1.77 bits per heavy atom. The maximum atomic E-state index is 11.9. The Morgan fingerprint density at radius 3 is 2.23 bits per heavy atom. The molecule has 1 aromatic carbocycles. The number of rotatable bonds is 4. The lowest BCUT2D eigenvalue weighted by Gasteiger charge is -2.08. The van der Waals surface area contributed by atoms with E-state index in [9.17, 15) is 18.0 Å². The third kappa shape index (κ3) is 2.85. The van der Waals surface area contributed by atoms with Crippen LogP contribution in [0.2, 0.25) is 0 Å². The van der Waals surface area contributed by atoms with Crippen molar-refractivity contribution in [3.05, 3.63) is 47.8 Å². The molecule has 1 heterocycles.